The van der Waals surface area contributed by atoms with Gasteiger partial charge in [-0.1, -0.05) is 36.4 Å². The first kappa shape index (κ1) is 11.3. The van der Waals surface area contributed by atoms with Gasteiger partial charge < -0.3 is 9.82 Å². The topological polar surface area (TPSA) is 41.1 Å². The highest BCUT2D eigenvalue weighted by molar-refractivity contribution is 5.54. The van der Waals surface area contributed by atoms with Crippen LogP contribution in [0, 0.1) is 0 Å². The number of aromatic nitrogens is 2. The highest BCUT2D eigenvalue weighted by Gasteiger charge is 2.13. The Hall–Kier alpha value is -2.75. The predicted molar refractivity (Wildman–Crippen MR) is 74.2 cm³/mol. The number of rotatable bonds is 4. The molecule has 0 amide bonds. The average molecular weight is 251 g/mol. The van der Waals surface area contributed by atoms with Gasteiger partial charge in [0.05, 0.1) is 5.69 Å². The standard InChI is InChI=1S/C15H13N3O/c1-3-7-13(8-4-1)18(15-16-11-12-17-15)19-14-9-5-2-6-10-14/h1-12H,(H,16,17). The number of imidazole rings is 1. The number of H-pyrrole nitrogens is 1. The molecule has 0 aliphatic heterocycles. The smallest absolute Gasteiger partial charge is 0.241 e. The van der Waals surface area contributed by atoms with E-state index in [9.17, 15) is 0 Å². The van der Waals surface area contributed by atoms with Crippen molar-refractivity contribution in [2.45, 2.75) is 0 Å². The van der Waals surface area contributed by atoms with Gasteiger partial charge in [-0.15, -0.1) is 5.06 Å². The molecular formula is C15H13N3O. The van der Waals surface area contributed by atoms with Crippen molar-refractivity contribution in [3.05, 3.63) is 73.1 Å². The van der Waals surface area contributed by atoms with Crippen LogP contribution in [0.3, 0.4) is 0 Å². The Balaban J connectivity index is 1.94. The Bertz CT molecular complexity index is 608. The lowest BCUT2D eigenvalue weighted by Crippen LogP contribution is -2.22. The summed E-state index contributed by atoms with van der Waals surface area (Å²) in [4.78, 5) is 13.2. The van der Waals surface area contributed by atoms with Crippen LogP contribution in [-0.2, 0) is 0 Å². The van der Waals surface area contributed by atoms with Gasteiger partial charge in [0.2, 0.25) is 5.95 Å². The van der Waals surface area contributed by atoms with Gasteiger partial charge in [-0.25, -0.2) is 4.98 Å². The summed E-state index contributed by atoms with van der Waals surface area (Å²) in [6.07, 6.45) is 3.46. The Kier molecular flexibility index (Phi) is 3.14. The largest absolute Gasteiger partial charge is 0.372 e. The minimum atomic E-state index is 0.634. The molecule has 0 fully saturated rings. The summed E-state index contributed by atoms with van der Waals surface area (Å²) < 4.78 is 0. The quantitative estimate of drug-likeness (QED) is 0.721. The molecule has 1 aromatic heterocycles. The number of benzene rings is 2. The molecule has 0 atom stereocenters. The van der Waals surface area contributed by atoms with Crippen molar-refractivity contribution in [1.29, 1.82) is 0 Å². The van der Waals surface area contributed by atoms with Crippen molar-refractivity contribution < 1.29 is 4.84 Å². The number of nitrogens with zero attached hydrogens (tertiary/aromatic N) is 2. The van der Waals surface area contributed by atoms with Crippen LogP contribution in [0.15, 0.2) is 73.1 Å². The van der Waals surface area contributed by atoms with Crippen molar-refractivity contribution in [3.8, 4) is 5.75 Å². The highest BCUT2D eigenvalue weighted by Crippen LogP contribution is 2.24. The van der Waals surface area contributed by atoms with Crippen LogP contribution in [-0.4, -0.2) is 9.97 Å². The zero-order chi connectivity index (χ0) is 12.9. The number of para-hydroxylation sites is 2. The van der Waals surface area contributed by atoms with E-state index in [0.717, 1.165) is 11.4 Å². The zero-order valence-electron chi connectivity index (χ0n) is 10.2. The van der Waals surface area contributed by atoms with E-state index in [1.54, 1.807) is 17.5 Å². The maximum absolute atomic E-state index is 5.88. The lowest BCUT2D eigenvalue weighted by molar-refractivity contribution is 0.318. The van der Waals surface area contributed by atoms with Gasteiger partial charge in [0, 0.05) is 12.4 Å². The molecular weight excluding hydrogens is 238 g/mol. The maximum atomic E-state index is 5.88. The van der Waals surface area contributed by atoms with Crippen molar-refractivity contribution in [2.75, 3.05) is 5.06 Å². The number of anilines is 2. The fraction of sp³-hybridized carbons (Fsp3) is 0. The normalized spacial score (nSPS) is 10.1. The predicted octanol–water partition coefficient (Wildman–Crippen LogP) is 3.54. The summed E-state index contributed by atoms with van der Waals surface area (Å²) in [6.45, 7) is 0. The third-order valence-corrected chi connectivity index (χ3v) is 2.61. The molecule has 19 heavy (non-hydrogen) atoms. The SMILES string of the molecule is c1ccc(ON(c2ccccc2)c2ncc[nH]2)cc1. The van der Waals surface area contributed by atoms with Gasteiger partial charge >= 0.3 is 0 Å². The average Bonchev–Trinajstić information content (AvgIpc) is 3.01. The van der Waals surface area contributed by atoms with E-state index in [2.05, 4.69) is 9.97 Å². The Morgan fingerprint density at radius 1 is 0.895 bits per heavy atom. The van der Waals surface area contributed by atoms with Gasteiger partial charge in [0.25, 0.3) is 0 Å². The van der Waals surface area contributed by atoms with E-state index >= 15 is 0 Å². The zero-order valence-corrected chi connectivity index (χ0v) is 10.2. The first-order valence-electron chi connectivity index (χ1n) is 6.01. The summed E-state index contributed by atoms with van der Waals surface area (Å²) in [5.74, 6) is 1.39. The molecule has 0 saturated heterocycles. The van der Waals surface area contributed by atoms with Crippen LogP contribution in [0.5, 0.6) is 5.75 Å². The maximum Gasteiger partial charge on any atom is 0.241 e. The Morgan fingerprint density at radius 3 is 2.21 bits per heavy atom. The lowest BCUT2D eigenvalue weighted by Gasteiger charge is -2.21. The molecule has 1 N–H and O–H groups in total. The first-order valence-corrected chi connectivity index (χ1v) is 6.01. The molecule has 94 valence electrons. The summed E-state index contributed by atoms with van der Waals surface area (Å²) in [7, 11) is 0. The van der Waals surface area contributed by atoms with Gasteiger partial charge in [-0.2, -0.15) is 0 Å². The molecule has 0 radical (unpaired) electrons. The van der Waals surface area contributed by atoms with Gasteiger partial charge in [-0.05, 0) is 24.3 Å². The molecule has 4 heteroatoms. The molecule has 3 rings (SSSR count). The second kappa shape index (κ2) is 5.27. The molecule has 0 aliphatic carbocycles. The minimum absolute atomic E-state index is 0.634. The van der Waals surface area contributed by atoms with Crippen LogP contribution < -0.4 is 9.90 Å². The molecule has 2 aromatic carbocycles. The van der Waals surface area contributed by atoms with E-state index < -0.39 is 0 Å². The van der Waals surface area contributed by atoms with E-state index in [1.807, 2.05) is 60.7 Å². The van der Waals surface area contributed by atoms with Crippen LogP contribution in [0.25, 0.3) is 0 Å². The van der Waals surface area contributed by atoms with E-state index in [4.69, 9.17) is 4.84 Å². The fourth-order valence-corrected chi connectivity index (χ4v) is 1.74. The summed E-state index contributed by atoms with van der Waals surface area (Å²) in [5, 5.41) is 1.66. The third kappa shape index (κ3) is 2.57. The highest BCUT2D eigenvalue weighted by atomic mass is 16.7. The molecule has 3 aromatic rings. The third-order valence-electron chi connectivity index (χ3n) is 2.61. The molecule has 0 bridgehead atoms. The Labute approximate surface area is 111 Å². The monoisotopic (exact) mass is 251 g/mol. The molecule has 0 spiro atoms. The second-order valence-corrected chi connectivity index (χ2v) is 3.95. The molecule has 0 unspecified atom stereocenters. The summed E-state index contributed by atoms with van der Waals surface area (Å²) in [6, 6.07) is 19.4. The van der Waals surface area contributed by atoms with E-state index in [1.165, 1.54) is 0 Å². The van der Waals surface area contributed by atoms with Crippen LogP contribution in [0.2, 0.25) is 0 Å². The van der Waals surface area contributed by atoms with Crippen molar-refractivity contribution >= 4 is 11.6 Å². The van der Waals surface area contributed by atoms with Crippen molar-refractivity contribution in [3.63, 3.8) is 0 Å². The molecule has 1 heterocycles. The van der Waals surface area contributed by atoms with Crippen LogP contribution >= 0.6 is 0 Å². The number of aromatic amines is 1. The fourth-order valence-electron chi connectivity index (χ4n) is 1.74. The summed E-state index contributed by atoms with van der Waals surface area (Å²) in [5.41, 5.74) is 0.904. The Morgan fingerprint density at radius 2 is 1.58 bits per heavy atom. The number of hydrogen-bond donors (Lipinski definition) is 1. The summed E-state index contributed by atoms with van der Waals surface area (Å²) >= 11 is 0. The molecule has 0 saturated carbocycles. The molecule has 0 aliphatic rings. The number of hydrogen-bond acceptors (Lipinski definition) is 3. The number of nitrogens with one attached hydrogen (secondary N) is 1. The first-order chi connectivity index (χ1) is 9.43. The van der Waals surface area contributed by atoms with Gasteiger partial charge in [0.15, 0.2) is 5.75 Å². The van der Waals surface area contributed by atoms with Gasteiger partial charge in [-0.3, -0.25) is 0 Å². The lowest BCUT2D eigenvalue weighted by atomic mass is 10.3. The minimum Gasteiger partial charge on any atom is -0.372 e. The van der Waals surface area contributed by atoms with E-state index in [-0.39, 0.29) is 0 Å². The second-order valence-electron chi connectivity index (χ2n) is 3.95. The van der Waals surface area contributed by atoms with Crippen molar-refractivity contribution in [1.82, 2.24) is 9.97 Å². The van der Waals surface area contributed by atoms with E-state index in [0.29, 0.717) is 5.95 Å². The van der Waals surface area contributed by atoms with Crippen molar-refractivity contribution in [2.24, 2.45) is 0 Å². The molecule has 4 nitrogen and oxygen atoms in total. The van der Waals surface area contributed by atoms with Crippen LogP contribution in [0.1, 0.15) is 0 Å². The van der Waals surface area contributed by atoms with Gasteiger partial charge in [0.1, 0.15) is 0 Å². The van der Waals surface area contributed by atoms with Crippen LogP contribution in [0.4, 0.5) is 11.6 Å².